The maximum absolute atomic E-state index is 13.0. The number of fused-ring (bicyclic) bond motifs is 1. The van der Waals surface area contributed by atoms with Gasteiger partial charge in [0, 0.05) is 24.0 Å². The van der Waals surface area contributed by atoms with Crippen molar-refractivity contribution in [1.29, 1.82) is 0 Å². The molecule has 140 valence electrons. The van der Waals surface area contributed by atoms with E-state index in [2.05, 4.69) is 10.3 Å². The number of thiazole rings is 1. The fourth-order valence-corrected chi connectivity index (χ4v) is 4.82. The zero-order valence-electron chi connectivity index (χ0n) is 14.6. The fraction of sp³-hybridized carbons (Fsp3) is 0.211. The Hall–Kier alpha value is -2.45. The van der Waals surface area contributed by atoms with Crippen molar-refractivity contribution in [3.8, 4) is 11.3 Å². The van der Waals surface area contributed by atoms with Crippen LogP contribution in [0.15, 0.2) is 47.8 Å². The molecular formula is C19H18FN3O2S2. The maximum atomic E-state index is 13.0. The van der Waals surface area contributed by atoms with Crippen LogP contribution in [0.3, 0.4) is 0 Å². The molecule has 27 heavy (non-hydrogen) atoms. The van der Waals surface area contributed by atoms with E-state index in [1.54, 1.807) is 12.1 Å². The second-order valence-electron chi connectivity index (χ2n) is 6.45. The number of nitrogens with zero attached hydrogens (tertiary/aromatic N) is 2. The minimum Gasteiger partial charge on any atom is -0.357 e. The summed E-state index contributed by atoms with van der Waals surface area (Å²) in [7, 11) is -3.24. The predicted molar refractivity (Wildman–Crippen MR) is 107 cm³/mol. The van der Waals surface area contributed by atoms with E-state index in [0.717, 1.165) is 33.2 Å². The van der Waals surface area contributed by atoms with E-state index in [0.29, 0.717) is 19.5 Å². The minimum absolute atomic E-state index is 0.249. The Morgan fingerprint density at radius 1 is 1.22 bits per heavy atom. The molecule has 1 aliphatic rings. The third kappa shape index (κ3) is 3.81. The number of sulfonamides is 1. The van der Waals surface area contributed by atoms with Gasteiger partial charge in [-0.25, -0.2) is 17.8 Å². The highest BCUT2D eigenvalue weighted by atomic mass is 32.2. The third-order valence-corrected chi connectivity index (χ3v) is 6.47. The van der Waals surface area contributed by atoms with Crippen LogP contribution >= 0.6 is 11.3 Å². The first kappa shape index (κ1) is 17.9. The van der Waals surface area contributed by atoms with E-state index in [4.69, 9.17) is 0 Å². The third-order valence-electron chi connectivity index (χ3n) is 4.49. The fourth-order valence-electron chi connectivity index (χ4n) is 3.14. The molecule has 2 aromatic carbocycles. The normalized spacial score (nSPS) is 13.6. The van der Waals surface area contributed by atoms with Crippen molar-refractivity contribution >= 4 is 32.2 Å². The van der Waals surface area contributed by atoms with Gasteiger partial charge in [0.15, 0.2) is 5.13 Å². The van der Waals surface area contributed by atoms with Gasteiger partial charge in [-0.15, -0.1) is 11.3 Å². The van der Waals surface area contributed by atoms with Crippen molar-refractivity contribution in [2.45, 2.75) is 13.0 Å². The first-order valence-corrected chi connectivity index (χ1v) is 11.2. The number of anilines is 2. The van der Waals surface area contributed by atoms with Crippen molar-refractivity contribution < 1.29 is 12.8 Å². The summed E-state index contributed by atoms with van der Waals surface area (Å²) < 4.78 is 38.1. The van der Waals surface area contributed by atoms with Crippen LogP contribution in [0.25, 0.3) is 11.3 Å². The van der Waals surface area contributed by atoms with E-state index >= 15 is 0 Å². The lowest BCUT2D eigenvalue weighted by atomic mass is 10.1. The van der Waals surface area contributed by atoms with Crippen LogP contribution in [-0.4, -0.2) is 26.2 Å². The van der Waals surface area contributed by atoms with Gasteiger partial charge in [-0.3, -0.25) is 4.31 Å². The van der Waals surface area contributed by atoms with Crippen molar-refractivity contribution in [3.05, 3.63) is 64.8 Å². The quantitative estimate of drug-likeness (QED) is 0.702. The molecule has 3 aromatic rings. The first-order valence-electron chi connectivity index (χ1n) is 8.45. The largest absolute Gasteiger partial charge is 0.357 e. The van der Waals surface area contributed by atoms with Gasteiger partial charge < -0.3 is 5.32 Å². The van der Waals surface area contributed by atoms with E-state index in [9.17, 15) is 12.8 Å². The first-order chi connectivity index (χ1) is 12.9. The van der Waals surface area contributed by atoms with Gasteiger partial charge in [-0.1, -0.05) is 18.2 Å². The molecule has 1 N–H and O–H groups in total. The topological polar surface area (TPSA) is 62.3 Å². The molecule has 0 fully saturated rings. The van der Waals surface area contributed by atoms with Gasteiger partial charge in [0.25, 0.3) is 0 Å². The smallest absolute Gasteiger partial charge is 0.232 e. The monoisotopic (exact) mass is 403 g/mol. The Morgan fingerprint density at radius 2 is 2.00 bits per heavy atom. The van der Waals surface area contributed by atoms with Crippen LogP contribution in [0.2, 0.25) is 0 Å². The predicted octanol–water partition coefficient (Wildman–Crippen LogP) is 3.88. The molecule has 0 radical (unpaired) electrons. The summed E-state index contributed by atoms with van der Waals surface area (Å²) in [4.78, 5) is 4.61. The molecule has 0 amide bonds. The van der Waals surface area contributed by atoms with Gasteiger partial charge in [0.05, 0.1) is 17.6 Å². The lowest BCUT2D eigenvalue weighted by molar-refractivity contribution is 0.598. The molecule has 0 bridgehead atoms. The molecule has 1 aliphatic heterocycles. The highest BCUT2D eigenvalue weighted by Gasteiger charge is 2.26. The van der Waals surface area contributed by atoms with E-state index < -0.39 is 10.0 Å². The van der Waals surface area contributed by atoms with Crippen LogP contribution in [0, 0.1) is 5.82 Å². The lowest BCUT2D eigenvalue weighted by Crippen LogP contribution is -2.27. The maximum Gasteiger partial charge on any atom is 0.232 e. The summed E-state index contributed by atoms with van der Waals surface area (Å²) in [5, 5.41) is 6.00. The second kappa shape index (κ2) is 6.94. The Morgan fingerprint density at radius 3 is 2.74 bits per heavy atom. The van der Waals surface area contributed by atoms with Crippen molar-refractivity contribution in [2.75, 3.05) is 22.4 Å². The minimum atomic E-state index is -3.24. The van der Waals surface area contributed by atoms with E-state index in [1.807, 2.05) is 23.6 Å². The Labute approximate surface area is 161 Å². The number of aromatic nitrogens is 1. The van der Waals surface area contributed by atoms with Gasteiger partial charge >= 0.3 is 0 Å². The zero-order chi connectivity index (χ0) is 19.0. The lowest BCUT2D eigenvalue weighted by Gasteiger charge is -2.16. The average molecular weight is 404 g/mol. The highest BCUT2D eigenvalue weighted by molar-refractivity contribution is 7.92. The van der Waals surface area contributed by atoms with Crippen LogP contribution < -0.4 is 9.62 Å². The molecule has 8 heteroatoms. The molecule has 0 saturated carbocycles. The van der Waals surface area contributed by atoms with Gasteiger partial charge in [-0.2, -0.15) is 0 Å². The SMILES string of the molecule is CS(=O)(=O)N1CCc2cc(-c3csc(NCc4ccc(F)cc4)n3)ccc21. The second-order valence-corrected chi connectivity index (χ2v) is 9.21. The molecule has 0 spiro atoms. The van der Waals surface area contributed by atoms with Crippen LogP contribution in [0.5, 0.6) is 0 Å². The molecule has 0 saturated heterocycles. The molecule has 0 atom stereocenters. The summed E-state index contributed by atoms with van der Waals surface area (Å²) in [5.41, 5.74) is 4.57. The standard InChI is InChI=1S/C19H18FN3O2S2/c1-27(24,25)23-9-8-15-10-14(4-7-18(15)23)17-12-26-19(22-17)21-11-13-2-5-16(20)6-3-13/h2-7,10,12H,8-9,11H2,1H3,(H,21,22). The number of hydrogen-bond acceptors (Lipinski definition) is 5. The number of benzene rings is 2. The van der Waals surface area contributed by atoms with Crippen LogP contribution in [-0.2, 0) is 23.0 Å². The van der Waals surface area contributed by atoms with Gasteiger partial charge in [0.1, 0.15) is 5.82 Å². The number of nitrogens with one attached hydrogen (secondary N) is 1. The highest BCUT2D eigenvalue weighted by Crippen LogP contribution is 2.34. The zero-order valence-corrected chi connectivity index (χ0v) is 16.3. The van der Waals surface area contributed by atoms with E-state index in [1.165, 1.54) is 34.0 Å². The van der Waals surface area contributed by atoms with Crippen molar-refractivity contribution in [3.63, 3.8) is 0 Å². The summed E-state index contributed by atoms with van der Waals surface area (Å²) in [6.45, 7) is 1.06. The Bertz CT molecular complexity index is 1080. The Balaban J connectivity index is 1.50. The molecular weight excluding hydrogens is 385 g/mol. The van der Waals surface area contributed by atoms with Crippen LogP contribution in [0.1, 0.15) is 11.1 Å². The average Bonchev–Trinajstić information content (AvgIpc) is 3.27. The van der Waals surface area contributed by atoms with Crippen LogP contribution in [0.4, 0.5) is 15.2 Å². The molecule has 2 heterocycles. The van der Waals surface area contributed by atoms with Gasteiger partial charge in [-0.05, 0) is 41.8 Å². The van der Waals surface area contributed by atoms with Gasteiger partial charge in [0.2, 0.25) is 10.0 Å². The van der Waals surface area contributed by atoms with Crippen molar-refractivity contribution in [1.82, 2.24) is 4.98 Å². The summed E-state index contributed by atoms with van der Waals surface area (Å²) >= 11 is 1.50. The molecule has 0 aliphatic carbocycles. The molecule has 1 aromatic heterocycles. The molecule has 5 nitrogen and oxygen atoms in total. The van der Waals surface area contributed by atoms with E-state index in [-0.39, 0.29) is 5.82 Å². The summed E-state index contributed by atoms with van der Waals surface area (Å²) in [6.07, 6.45) is 1.94. The number of rotatable bonds is 5. The molecule has 4 rings (SSSR count). The molecule has 0 unspecified atom stereocenters. The Kier molecular flexibility index (Phi) is 4.61. The number of halogens is 1. The summed E-state index contributed by atoms with van der Waals surface area (Å²) in [6, 6.07) is 12.1. The van der Waals surface area contributed by atoms with Crippen molar-refractivity contribution in [2.24, 2.45) is 0 Å². The summed E-state index contributed by atoms with van der Waals surface area (Å²) in [5.74, 6) is -0.249. The number of hydrogen-bond donors (Lipinski definition) is 1.